The number of rotatable bonds is 37. The molecule has 2 rings (SSSR count). The molecule has 0 bridgehead atoms. The van der Waals surface area contributed by atoms with E-state index in [0.29, 0.717) is 5.56 Å². The molecule has 1 heterocycles. The van der Waals surface area contributed by atoms with E-state index in [-0.39, 0.29) is 63.2 Å². The predicted molar refractivity (Wildman–Crippen MR) is 280 cm³/mol. The normalized spacial score (nSPS) is 16.3. The number of phenols is 1. The molecule has 0 spiro atoms. The number of likely N-dealkylation sites (tertiary alicyclic amines) is 1. The molecule has 1 fully saturated rings. The summed E-state index contributed by atoms with van der Waals surface area (Å²) < 4.78 is 0. The molecule has 1 aromatic rings. The Hall–Kier alpha value is -8.44. The maximum Gasteiger partial charge on any atom is 0.326 e. The molecule has 81 heavy (non-hydrogen) atoms. The summed E-state index contributed by atoms with van der Waals surface area (Å²) >= 11 is 0. The van der Waals surface area contributed by atoms with Crippen LogP contribution in [0.5, 0.6) is 5.75 Å². The monoisotopic (exact) mass is 1150 g/mol. The van der Waals surface area contributed by atoms with Crippen molar-refractivity contribution in [3.8, 4) is 5.75 Å². The van der Waals surface area contributed by atoms with Crippen molar-refractivity contribution in [1.82, 2.24) is 42.1 Å². The van der Waals surface area contributed by atoms with Gasteiger partial charge in [0.1, 0.15) is 54.1 Å². The Bertz CT molecular complexity index is 2440. The van der Waals surface area contributed by atoms with Crippen molar-refractivity contribution in [2.75, 3.05) is 6.54 Å². The molecular formula is C51H76N10O20. The number of amides is 9. The van der Waals surface area contributed by atoms with Crippen molar-refractivity contribution in [1.29, 1.82) is 0 Å². The van der Waals surface area contributed by atoms with Crippen molar-refractivity contribution < 1.29 is 97.8 Å². The second-order valence-electron chi connectivity index (χ2n) is 20.1. The number of phenolic OH excluding ortho intramolecular Hbond substituents is 1. The van der Waals surface area contributed by atoms with Crippen molar-refractivity contribution in [3.63, 3.8) is 0 Å². The Morgan fingerprint density at radius 3 is 1.46 bits per heavy atom. The maximum atomic E-state index is 14.4. The lowest BCUT2D eigenvalue weighted by molar-refractivity contribution is -0.144. The average molecular weight is 1150 g/mol. The molecule has 1 aliphatic rings. The summed E-state index contributed by atoms with van der Waals surface area (Å²) in [5.74, 6) is -17.1. The maximum absolute atomic E-state index is 14.4. The average Bonchev–Trinajstić information content (AvgIpc) is 3.90. The number of carboxylic acid groups (broad SMARTS) is 5. The van der Waals surface area contributed by atoms with Gasteiger partial charge >= 0.3 is 29.8 Å². The Balaban J connectivity index is 2.50. The van der Waals surface area contributed by atoms with E-state index in [4.69, 9.17) is 16.6 Å². The molecule has 1 aliphatic heterocycles. The minimum atomic E-state index is -1.82. The number of aliphatic carboxylic acids is 5. The summed E-state index contributed by atoms with van der Waals surface area (Å²) in [7, 11) is 0. The van der Waals surface area contributed by atoms with E-state index in [2.05, 4.69) is 37.2 Å². The second-order valence-corrected chi connectivity index (χ2v) is 20.1. The lowest BCUT2D eigenvalue weighted by atomic mass is 9.96. The topological polar surface area (TPSA) is 500 Å². The molecule has 1 saturated heterocycles. The molecule has 1 aromatic carbocycles. The molecule has 30 heteroatoms. The molecule has 450 valence electrons. The highest BCUT2D eigenvalue weighted by Gasteiger charge is 2.42. The van der Waals surface area contributed by atoms with Crippen molar-refractivity contribution in [2.45, 2.75) is 178 Å². The fourth-order valence-electron chi connectivity index (χ4n) is 8.40. The van der Waals surface area contributed by atoms with Crippen LogP contribution in [0.1, 0.15) is 123 Å². The van der Waals surface area contributed by atoms with Crippen molar-refractivity contribution >= 4 is 83.0 Å². The Kier molecular flexibility index (Phi) is 28.7. The van der Waals surface area contributed by atoms with Gasteiger partial charge in [0.15, 0.2) is 0 Å². The number of hydrogen-bond acceptors (Lipinski definition) is 16. The van der Waals surface area contributed by atoms with Crippen LogP contribution in [0.25, 0.3) is 0 Å². The van der Waals surface area contributed by atoms with Gasteiger partial charge in [-0.15, -0.1) is 0 Å². The van der Waals surface area contributed by atoms with Crippen LogP contribution in [0.4, 0.5) is 0 Å². The zero-order valence-corrected chi connectivity index (χ0v) is 45.5. The third-order valence-electron chi connectivity index (χ3n) is 13.1. The van der Waals surface area contributed by atoms with Gasteiger partial charge in [-0.05, 0) is 80.9 Å². The van der Waals surface area contributed by atoms with E-state index in [1.807, 2.05) is 0 Å². The number of nitrogens with zero attached hydrogens (tertiary/aromatic N) is 1. The van der Waals surface area contributed by atoms with Crippen LogP contribution >= 0.6 is 0 Å². The summed E-state index contributed by atoms with van der Waals surface area (Å²) in [6, 6.07) is -8.68. The van der Waals surface area contributed by atoms with Crippen LogP contribution in [0.3, 0.4) is 0 Å². The molecule has 0 radical (unpaired) electrons. The first-order chi connectivity index (χ1) is 37.9. The predicted octanol–water partition coefficient (Wildman–Crippen LogP) is -2.45. The molecule has 0 aliphatic carbocycles. The molecule has 9 amide bonds. The number of nitrogens with two attached hydrogens (primary N) is 2. The van der Waals surface area contributed by atoms with Gasteiger partial charge in [-0.3, -0.25) is 62.3 Å². The quantitative estimate of drug-likeness (QED) is 0.0329. The van der Waals surface area contributed by atoms with Crippen LogP contribution in [0, 0.1) is 11.8 Å². The van der Waals surface area contributed by atoms with E-state index < -0.39 is 195 Å². The first-order valence-corrected chi connectivity index (χ1v) is 26.3. The summed E-state index contributed by atoms with van der Waals surface area (Å²) in [5.41, 5.74) is 11.3. The highest BCUT2D eigenvalue weighted by atomic mass is 16.4. The number of benzene rings is 1. The van der Waals surface area contributed by atoms with Crippen LogP contribution in [-0.2, 0) is 73.5 Å². The highest BCUT2D eigenvalue weighted by Crippen LogP contribution is 2.23. The zero-order chi connectivity index (χ0) is 61.3. The van der Waals surface area contributed by atoms with Gasteiger partial charge in [-0.2, -0.15) is 0 Å². The van der Waals surface area contributed by atoms with Crippen LogP contribution in [0.2, 0.25) is 0 Å². The van der Waals surface area contributed by atoms with Crippen LogP contribution < -0.4 is 48.7 Å². The highest BCUT2D eigenvalue weighted by molar-refractivity contribution is 5.99. The Morgan fingerprint density at radius 2 is 0.975 bits per heavy atom. The molecular weight excluding hydrogens is 1070 g/mol. The minimum Gasteiger partial charge on any atom is -0.508 e. The molecule has 30 nitrogen and oxygen atoms in total. The van der Waals surface area contributed by atoms with Crippen LogP contribution in [0.15, 0.2) is 24.3 Å². The molecule has 10 unspecified atom stereocenters. The van der Waals surface area contributed by atoms with E-state index in [1.54, 1.807) is 27.7 Å². The van der Waals surface area contributed by atoms with E-state index in [0.717, 1.165) is 4.90 Å². The smallest absolute Gasteiger partial charge is 0.326 e. The van der Waals surface area contributed by atoms with E-state index in [1.165, 1.54) is 24.3 Å². The third-order valence-corrected chi connectivity index (χ3v) is 13.1. The molecule has 0 aromatic heterocycles. The summed E-state index contributed by atoms with van der Waals surface area (Å²) in [6.07, 6.45) is -5.45. The van der Waals surface area contributed by atoms with Crippen molar-refractivity contribution in [3.05, 3.63) is 29.8 Å². The largest absolute Gasteiger partial charge is 0.508 e. The number of aromatic hydroxyl groups is 1. The number of primary amides is 1. The van der Waals surface area contributed by atoms with Gasteiger partial charge in [-0.25, -0.2) is 4.79 Å². The first kappa shape index (κ1) is 68.7. The van der Waals surface area contributed by atoms with Crippen LogP contribution in [-0.4, -0.2) is 179 Å². The summed E-state index contributed by atoms with van der Waals surface area (Å²) in [6.45, 7) is 6.57. The van der Waals surface area contributed by atoms with Gasteiger partial charge in [-0.1, -0.05) is 46.2 Å². The lowest BCUT2D eigenvalue weighted by Gasteiger charge is -2.33. The number of carbonyl (C=O) groups excluding carboxylic acids is 9. The molecule has 17 N–H and O–H groups in total. The zero-order valence-electron chi connectivity index (χ0n) is 45.5. The lowest BCUT2D eigenvalue weighted by Crippen LogP contribution is -2.61. The number of carboxylic acids is 5. The molecule has 0 saturated carbocycles. The fourth-order valence-corrected chi connectivity index (χ4v) is 8.40. The standard InChI is InChI=1S/C51H76N10O20/c1-5-26(4)42(60-46(75)32(16-21-41(70)71)54-43(72)29(52)12-18-38(64)65)50(79)61-22-6-7-36(61)49(78)56-31(15-20-40(68)69)44(73)55-30(14-19-39(66)67)45(74)59-35(24-27-8-10-28(62)11-9-27)48(77)58-34(23-25(2)3)47(76)57-33(51(80)81)13-17-37(53)63/h8-11,25-26,29-36,42,62H,5-7,12-24,52H2,1-4H3,(H2,53,63)(H,54,72)(H,55,73)(H,56,78)(H,57,76)(H,58,77)(H,59,74)(H,60,75)(H,64,65)(H,66,67)(H,68,69)(H,70,71)(H,80,81). The minimum absolute atomic E-state index is 0.0131. The van der Waals surface area contributed by atoms with Gasteiger partial charge < -0.3 is 84.2 Å². The van der Waals surface area contributed by atoms with Gasteiger partial charge in [0.2, 0.25) is 53.2 Å². The number of carbonyl (C=O) groups is 14. The van der Waals surface area contributed by atoms with E-state index in [9.17, 15) is 92.7 Å². The summed E-state index contributed by atoms with van der Waals surface area (Å²) in [5, 5.41) is 74.1. The number of nitrogens with one attached hydrogen (secondary N) is 7. The van der Waals surface area contributed by atoms with Gasteiger partial charge in [0.25, 0.3) is 0 Å². The number of hydrogen-bond donors (Lipinski definition) is 15. The Morgan fingerprint density at radius 1 is 0.556 bits per heavy atom. The fraction of sp³-hybridized carbons (Fsp3) is 0.608. The second kappa shape index (κ2) is 33.9. The SMILES string of the molecule is CCC(C)C(NC(=O)C(CCC(=O)O)NC(=O)C(N)CCC(=O)O)C(=O)N1CCCC1C(=O)NC(CCC(=O)O)C(=O)NC(CCC(=O)O)C(=O)NC(Cc1ccc(O)cc1)C(=O)NC(CC(C)C)C(=O)NC(CCC(N)=O)C(=O)O. The van der Waals surface area contributed by atoms with Gasteiger partial charge in [0, 0.05) is 45.1 Å². The molecule has 10 atom stereocenters. The summed E-state index contributed by atoms with van der Waals surface area (Å²) in [4.78, 5) is 182. The third kappa shape index (κ3) is 24.6. The Labute approximate surface area is 465 Å². The van der Waals surface area contributed by atoms with Crippen molar-refractivity contribution in [2.24, 2.45) is 23.3 Å². The first-order valence-electron chi connectivity index (χ1n) is 26.3. The van der Waals surface area contributed by atoms with Gasteiger partial charge in [0.05, 0.1) is 6.04 Å². The van der Waals surface area contributed by atoms with E-state index >= 15 is 0 Å².